The average Bonchev–Trinajstić information content (AvgIpc) is 2.14. The zero-order valence-corrected chi connectivity index (χ0v) is 9.62. The number of rotatable bonds is 4. The first kappa shape index (κ1) is 11.2. The molecule has 2 nitrogen and oxygen atoms in total. The maximum Gasteiger partial charge on any atom is 0.303 e. The van der Waals surface area contributed by atoms with E-state index >= 15 is 0 Å². The maximum absolute atomic E-state index is 10.6. The smallest absolute Gasteiger partial charge is 0.303 e. The van der Waals surface area contributed by atoms with Gasteiger partial charge < -0.3 is 5.11 Å². The molecule has 0 aliphatic carbocycles. The molecule has 0 aliphatic heterocycles. The Morgan fingerprint density at radius 3 is 2.79 bits per heavy atom. The van der Waals surface area contributed by atoms with Gasteiger partial charge in [-0.3, -0.25) is 4.79 Å². The quantitative estimate of drug-likeness (QED) is 0.897. The van der Waals surface area contributed by atoms with Crippen LogP contribution in [0, 0.1) is 0 Å². The van der Waals surface area contributed by atoms with E-state index in [0.29, 0.717) is 0 Å². The summed E-state index contributed by atoms with van der Waals surface area (Å²) in [6.45, 7) is 2.01. The zero-order chi connectivity index (χ0) is 10.6. The second-order valence-corrected chi connectivity index (χ2v) is 4.17. The minimum atomic E-state index is -0.739. The standard InChI is InChI=1S/C11H13BrO2/c1-2-8(7-11(13)14)9-4-3-5-10(12)6-9/h3-6,8H,2,7H2,1H3,(H,13,14). The summed E-state index contributed by atoms with van der Waals surface area (Å²) < 4.78 is 0.999. The molecule has 0 bridgehead atoms. The van der Waals surface area contributed by atoms with Gasteiger partial charge in [0.2, 0.25) is 0 Å². The molecule has 14 heavy (non-hydrogen) atoms. The first-order chi connectivity index (χ1) is 6.63. The van der Waals surface area contributed by atoms with Crippen molar-refractivity contribution in [3.63, 3.8) is 0 Å². The van der Waals surface area contributed by atoms with Gasteiger partial charge in [-0.15, -0.1) is 0 Å². The van der Waals surface area contributed by atoms with E-state index < -0.39 is 5.97 Å². The molecular formula is C11H13BrO2. The van der Waals surface area contributed by atoms with Crippen LogP contribution < -0.4 is 0 Å². The van der Waals surface area contributed by atoms with Crippen molar-refractivity contribution in [2.75, 3.05) is 0 Å². The molecule has 1 N–H and O–H groups in total. The highest BCUT2D eigenvalue weighted by Gasteiger charge is 2.13. The number of benzene rings is 1. The lowest BCUT2D eigenvalue weighted by atomic mass is 9.93. The van der Waals surface area contributed by atoms with Crippen LogP contribution in [-0.4, -0.2) is 11.1 Å². The number of hydrogen-bond acceptors (Lipinski definition) is 1. The third kappa shape index (κ3) is 3.14. The Hall–Kier alpha value is -0.830. The molecule has 0 heterocycles. The molecule has 0 aliphatic rings. The van der Waals surface area contributed by atoms with Crippen molar-refractivity contribution in [1.29, 1.82) is 0 Å². The Balaban J connectivity index is 2.83. The molecule has 1 aromatic carbocycles. The van der Waals surface area contributed by atoms with Gasteiger partial charge >= 0.3 is 5.97 Å². The Kier molecular flexibility index (Phi) is 4.14. The first-order valence-electron chi connectivity index (χ1n) is 4.60. The van der Waals surface area contributed by atoms with Crippen molar-refractivity contribution in [2.24, 2.45) is 0 Å². The van der Waals surface area contributed by atoms with Gasteiger partial charge in [-0.2, -0.15) is 0 Å². The van der Waals surface area contributed by atoms with Crippen LogP contribution in [0.3, 0.4) is 0 Å². The minimum Gasteiger partial charge on any atom is -0.481 e. The van der Waals surface area contributed by atoms with E-state index in [2.05, 4.69) is 15.9 Å². The number of aliphatic carboxylic acids is 1. The van der Waals surface area contributed by atoms with Crippen LogP contribution in [0.4, 0.5) is 0 Å². The number of hydrogen-bond donors (Lipinski definition) is 1. The van der Waals surface area contributed by atoms with E-state index in [0.717, 1.165) is 16.5 Å². The van der Waals surface area contributed by atoms with Gasteiger partial charge in [0.15, 0.2) is 0 Å². The van der Waals surface area contributed by atoms with Crippen molar-refractivity contribution in [3.8, 4) is 0 Å². The van der Waals surface area contributed by atoms with Crippen molar-refractivity contribution < 1.29 is 9.90 Å². The summed E-state index contributed by atoms with van der Waals surface area (Å²) in [4.78, 5) is 10.6. The molecule has 76 valence electrons. The molecule has 3 heteroatoms. The third-order valence-electron chi connectivity index (χ3n) is 2.23. The van der Waals surface area contributed by atoms with Gasteiger partial charge in [-0.25, -0.2) is 0 Å². The monoisotopic (exact) mass is 256 g/mol. The van der Waals surface area contributed by atoms with E-state index in [9.17, 15) is 4.79 Å². The highest BCUT2D eigenvalue weighted by molar-refractivity contribution is 9.10. The number of halogens is 1. The van der Waals surface area contributed by atoms with Crippen molar-refractivity contribution in [2.45, 2.75) is 25.7 Å². The number of carbonyl (C=O) groups is 1. The van der Waals surface area contributed by atoms with Crippen molar-refractivity contribution in [1.82, 2.24) is 0 Å². The second kappa shape index (κ2) is 5.15. The van der Waals surface area contributed by atoms with Crippen LogP contribution in [-0.2, 0) is 4.79 Å². The van der Waals surface area contributed by atoms with Crippen LogP contribution in [0.2, 0.25) is 0 Å². The molecule has 0 radical (unpaired) electrons. The van der Waals surface area contributed by atoms with Crippen LogP contribution in [0.5, 0.6) is 0 Å². The molecule has 0 spiro atoms. The molecule has 0 fully saturated rings. The van der Waals surface area contributed by atoms with Gasteiger partial charge in [-0.05, 0) is 30.0 Å². The molecule has 1 atom stereocenters. The topological polar surface area (TPSA) is 37.3 Å². The molecule has 0 saturated carbocycles. The van der Waals surface area contributed by atoms with Crippen molar-refractivity contribution >= 4 is 21.9 Å². The van der Waals surface area contributed by atoms with Crippen LogP contribution in [0.15, 0.2) is 28.7 Å². The summed E-state index contributed by atoms with van der Waals surface area (Å²) >= 11 is 3.38. The Morgan fingerprint density at radius 2 is 2.29 bits per heavy atom. The lowest BCUT2D eigenvalue weighted by Crippen LogP contribution is -2.05. The fourth-order valence-electron chi connectivity index (χ4n) is 1.47. The largest absolute Gasteiger partial charge is 0.481 e. The number of carboxylic acid groups (broad SMARTS) is 1. The zero-order valence-electron chi connectivity index (χ0n) is 8.03. The normalized spacial score (nSPS) is 12.4. The molecule has 1 aromatic rings. The van der Waals surface area contributed by atoms with Gasteiger partial charge in [0.05, 0.1) is 6.42 Å². The maximum atomic E-state index is 10.6. The predicted octanol–water partition coefficient (Wildman–Crippen LogP) is 3.42. The highest BCUT2D eigenvalue weighted by Crippen LogP contribution is 2.25. The molecule has 0 amide bonds. The lowest BCUT2D eigenvalue weighted by molar-refractivity contribution is -0.137. The van der Waals surface area contributed by atoms with E-state index in [1.54, 1.807) is 0 Å². The van der Waals surface area contributed by atoms with Gasteiger partial charge in [0.25, 0.3) is 0 Å². The highest BCUT2D eigenvalue weighted by atomic mass is 79.9. The Morgan fingerprint density at radius 1 is 1.57 bits per heavy atom. The summed E-state index contributed by atoms with van der Waals surface area (Å²) in [5, 5.41) is 8.73. The van der Waals surface area contributed by atoms with Crippen LogP contribution in [0.25, 0.3) is 0 Å². The third-order valence-corrected chi connectivity index (χ3v) is 2.73. The Labute approximate surface area is 92.1 Å². The SMILES string of the molecule is CCC(CC(=O)O)c1cccc(Br)c1. The summed E-state index contributed by atoms with van der Waals surface area (Å²) in [6.07, 6.45) is 1.05. The van der Waals surface area contributed by atoms with Gasteiger partial charge in [-0.1, -0.05) is 35.0 Å². The summed E-state index contributed by atoms with van der Waals surface area (Å²) in [5.41, 5.74) is 1.09. The average molecular weight is 257 g/mol. The van der Waals surface area contributed by atoms with Crippen molar-refractivity contribution in [3.05, 3.63) is 34.3 Å². The van der Waals surface area contributed by atoms with E-state index in [-0.39, 0.29) is 12.3 Å². The minimum absolute atomic E-state index is 0.116. The summed E-state index contributed by atoms with van der Waals surface area (Å²) in [6, 6.07) is 7.83. The summed E-state index contributed by atoms with van der Waals surface area (Å²) in [5.74, 6) is -0.623. The molecular weight excluding hydrogens is 244 g/mol. The summed E-state index contributed by atoms with van der Waals surface area (Å²) in [7, 11) is 0. The Bertz CT molecular complexity index is 323. The molecule has 0 aromatic heterocycles. The lowest BCUT2D eigenvalue weighted by Gasteiger charge is -2.12. The fraction of sp³-hybridized carbons (Fsp3) is 0.364. The number of carboxylic acids is 1. The van der Waals surface area contributed by atoms with Crippen LogP contribution >= 0.6 is 15.9 Å². The molecule has 0 saturated heterocycles. The molecule has 1 unspecified atom stereocenters. The van der Waals surface area contributed by atoms with E-state index in [1.165, 1.54) is 0 Å². The van der Waals surface area contributed by atoms with Gasteiger partial charge in [0.1, 0.15) is 0 Å². The van der Waals surface area contributed by atoms with Crippen LogP contribution in [0.1, 0.15) is 31.2 Å². The predicted molar refractivity (Wildman–Crippen MR) is 59.4 cm³/mol. The first-order valence-corrected chi connectivity index (χ1v) is 5.40. The second-order valence-electron chi connectivity index (χ2n) is 3.26. The van der Waals surface area contributed by atoms with Gasteiger partial charge in [0, 0.05) is 4.47 Å². The molecule has 1 rings (SSSR count). The van der Waals surface area contributed by atoms with E-state index in [1.807, 2.05) is 31.2 Å². The van der Waals surface area contributed by atoms with E-state index in [4.69, 9.17) is 5.11 Å². The fourth-order valence-corrected chi connectivity index (χ4v) is 1.89.